The maximum absolute atomic E-state index is 12.5. The van der Waals surface area contributed by atoms with Gasteiger partial charge in [-0.2, -0.15) is 0 Å². The Kier molecular flexibility index (Phi) is 7.33. The first kappa shape index (κ1) is 28.3. The van der Waals surface area contributed by atoms with E-state index in [4.69, 9.17) is 27.8 Å². The minimum Gasteiger partial charge on any atom is -0.496 e. The summed E-state index contributed by atoms with van der Waals surface area (Å²) in [6.07, 6.45) is 1.57. The van der Waals surface area contributed by atoms with Crippen LogP contribution in [0.3, 0.4) is 0 Å². The standard InChI is InChI=1S/C32H34O9/c1-16-12-19(26-22(38-6)13-20(36-4)17-8-10-24(33)40-30(17)26)28(32(2,3)15-16)29(35)27-23(39-7)14-21(37-5)18-9-11-25(34)41-31(18)27/h8-14,19,28-29,35H,15H2,1-7H3/t19-,28+,29+/m0/s1. The van der Waals surface area contributed by atoms with Gasteiger partial charge in [-0.05, 0) is 30.9 Å². The Bertz CT molecular complexity index is 1780. The Balaban J connectivity index is 1.84. The van der Waals surface area contributed by atoms with Gasteiger partial charge in [0.15, 0.2) is 5.58 Å². The predicted octanol–water partition coefficient (Wildman–Crippen LogP) is 5.74. The van der Waals surface area contributed by atoms with Crippen molar-refractivity contribution in [1.82, 2.24) is 0 Å². The molecule has 2 aromatic carbocycles. The molecule has 0 amide bonds. The number of ether oxygens (including phenoxy) is 4. The second kappa shape index (κ2) is 10.6. The van der Waals surface area contributed by atoms with Gasteiger partial charge in [-0.25, -0.2) is 9.59 Å². The fraction of sp³-hybridized carbons (Fsp3) is 0.375. The Labute approximate surface area is 236 Å². The molecule has 3 atom stereocenters. The third-order valence-corrected chi connectivity index (χ3v) is 8.08. The molecule has 0 saturated heterocycles. The highest BCUT2D eigenvalue weighted by atomic mass is 16.5. The highest BCUT2D eigenvalue weighted by Crippen LogP contribution is 2.57. The SMILES string of the molecule is COc1cc(OC)c2ccc(=O)oc2c1[C@@H](O)[C@H]1[C@H](c2c(OC)cc(OC)c3ccc(=O)oc23)C=C(C)CC1(C)C. The first-order valence-corrected chi connectivity index (χ1v) is 13.3. The molecule has 0 unspecified atom stereocenters. The molecule has 216 valence electrons. The number of methoxy groups -OCH3 is 4. The number of fused-ring (bicyclic) bond motifs is 2. The molecule has 0 fully saturated rings. The molecule has 4 aromatic rings. The molecule has 0 spiro atoms. The molecular formula is C32H34O9. The molecule has 0 saturated carbocycles. The smallest absolute Gasteiger partial charge is 0.336 e. The van der Waals surface area contributed by atoms with E-state index in [-0.39, 0.29) is 5.58 Å². The van der Waals surface area contributed by atoms with Gasteiger partial charge in [0.2, 0.25) is 0 Å². The van der Waals surface area contributed by atoms with Crippen LogP contribution in [0.1, 0.15) is 50.3 Å². The molecule has 5 rings (SSSR count). The molecule has 0 bridgehead atoms. The van der Waals surface area contributed by atoms with Crippen molar-refractivity contribution in [3.8, 4) is 23.0 Å². The van der Waals surface area contributed by atoms with Crippen molar-refractivity contribution in [1.29, 1.82) is 0 Å². The second-order valence-electron chi connectivity index (χ2n) is 11.1. The predicted molar refractivity (Wildman–Crippen MR) is 155 cm³/mol. The summed E-state index contributed by atoms with van der Waals surface area (Å²) in [5, 5.41) is 13.5. The van der Waals surface area contributed by atoms with Gasteiger partial charge < -0.3 is 32.9 Å². The van der Waals surface area contributed by atoms with E-state index < -0.39 is 34.6 Å². The lowest BCUT2D eigenvalue weighted by atomic mass is 9.60. The van der Waals surface area contributed by atoms with Crippen molar-refractivity contribution < 1.29 is 32.9 Å². The van der Waals surface area contributed by atoms with Crippen molar-refractivity contribution in [2.24, 2.45) is 11.3 Å². The lowest BCUT2D eigenvalue weighted by molar-refractivity contribution is 0.0164. The van der Waals surface area contributed by atoms with E-state index in [9.17, 15) is 14.7 Å². The molecule has 2 aromatic heterocycles. The van der Waals surface area contributed by atoms with Crippen molar-refractivity contribution in [3.05, 3.63) is 80.0 Å². The van der Waals surface area contributed by atoms with Gasteiger partial charge in [-0.1, -0.05) is 25.5 Å². The molecule has 0 aliphatic heterocycles. The molecule has 0 radical (unpaired) electrons. The summed E-state index contributed by atoms with van der Waals surface area (Å²) < 4.78 is 34.2. The van der Waals surface area contributed by atoms with E-state index in [2.05, 4.69) is 19.9 Å². The molecule has 9 heteroatoms. The van der Waals surface area contributed by atoms with Crippen LogP contribution in [0.4, 0.5) is 0 Å². The van der Waals surface area contributed by atoms with Crippen molar-refractivity contribution in [3.63, 3.8) is 0 Å². The number of benzene rings is 2. The van der Waals surface area contributed by atoms with Gasteiger partial charge in [0.25, 0.3) is 0 Å². The van der Waals surface area contributed by atoms with Crippen LogP contribution in [-0.4, -0.2) is 33.5 Å². The Morgan fingerprint density at radius 1 is 0.805 bits per heavy atom. The molecular weight excluding hydrogens is 528 g/mol. The number of hydrogen-bond acceptors (Lipinski definition) is 9. The largest absolute Gasteiger partial charge is 0.496 e. The summed E-state index contributed by atoms with van der Waals surface area (Å²) in [7, 11) is 6.07. The Hall–Kier alpha value is -4.24. The zero-order valence-corrected chi connectivity index (χ0v) is 24.2. The number of allylic oxidation sites excluding steroid dienone is 2. The third kappa shape index (κ3) is 4.74. The van der Waals surface area contributed by atoms with Gasteiger partial charge in [-0.15, -0.1) is 0 Å². The average molecular weight is 563 g/mol. The topological polar surface area (TPSA) is 118 Å². The van der Waals surface area contributed by atoms with Gasteiger partial charge in [0.05, 0.1) is 50.9 Å². The van der Waals surface area contributed by atoms with Gasteiger partial charge >= 0.3 is 11.3 Å². The summed E-state index contributed by atoms with van der Waals surface area (Å²) in [4.78, 5) is 24.9. The third-order valence-electron chi connectivity index (χ3n) is 8.08. The van der Waals surface area contributed by atoms with E-state index in [0.717, 1.165) is 5.57 Å². The van der Waals surface area contributed by atoms with Crippen LogP contribution in [0, 0.1) is 11.3 Å². The van der Waals surface area contributed by atoms with E-state index >= 15 is 0 Å². The lowest BCUT2D eigenvalue weighted by Gasteiger charge is -2.46. The molecule has 1 aliphatic rings. The summed E-state index contributed by atoms with van der Waals surface area (Å²) in [6, 6.07) is 9.36. The van der Waals surface area contributed by atoms with Crippen LogP contribution in [-0.2, 0) is 0 Å². The maximum Gasteiger partial charge on any atom is 0.336 e. The Morgan fingerprint density at radius 2 is 1.32 bits per heavy atom. The average Bonchev–Trinajstić information content (AvgIpc) is 2.93. The number of aliphatic hydroxyl groups excluding tert-OH is 1. The highest BCUT2D eigenvalue weighted by Gasteiger charge is 2.47. The van der Waals surface area contributed by atoms with Crippen molar-refractivity contribution in [2.45, 2.75) is 39.2 Å². The molecule has 1 aliphatic carbocycles. The van der Waals surface area contributed by atoms with Crippen LogP contribution in [0.25, 0.3) is 21.9 Å². The van der Waals surface area contributed by atoms with E-state index in [1.54, 1.807) is 24.3 Å². The van der Waals surface area contributed by atoms with Crippen LogP contribution in [0.2, 0.25) is 0 Å². The van der Waals surface area contributed by atoms with Gasteiger partial charge in [0.1, 0.15) is 28.6 Å². The van der Waals surface area contributed by atoms with Gasteiger partial charge in [0, 0.05) is 41.7 Å². The minimum atomic E-state index is -1.19. The molecule has 1 N–H and O–H groups in total. The zero-order chi connectivity index (χ0) is 29.6. The summed E-state index contributed by atoms with van der Waals surface area (Å²) in [6.45, 7) is 6.19. The highest BCUT2D eigenvalue weighted by molar-refractivity contribution is 5.90. The summed E-state index contributed by atoms with van der Waals surface area (Å²) in [5.74, 6) is 0.692. The van der Waals surface area contributed by atoms with E-state index in [0.29, 0.717) is 56.9 Å². The van der Waals surface area contributed by atoms with Gasteiger partial charge in [-0.3, -0.25) is 0 Å². The zero-order valence-electron chi connectivity index (χ0n) is 24.2. The lowest BCUT2D eigenvalue weighted by Crippen LogP contribution is -2.37. The number of aliphatic hydroxyl groups is 1. The molecule has 9 nitrogen and oxygen atoms in total. The molecule has 2 heterocycles. The van der Waals surface area contributed by atoms with Crippen molar-refractivity contribution in [2.75, 3.05) is 28.4 Å². The van der Waals surface area contributed by atoms with E-state index in [1.807, 2.05) is 6.92 Å². The second-order valence-corrected chi connectivity index (χ2v) is 11.1. The fourth-order valence-corrected chi connectivity index (χ4v) is 6.52. The Morgan fingerprint density at radius 3 is 1.88 bits per heavy atom. The van der Waals surface area contributed by atoms with E-state index in [1.165, 1.54) is 40.6 Å². The van der Waals surface area contributed by atoms with Crippen LogP contribution in [0.15, 0.2) is 66.5 Å². The van der Waals surface area contributed by atoms with Crippen LogP contribution >= 0.6 is 0 Å². The quantitative estimate of drug-likeness (QED) is 0.222. The first-order valence-electron chi connectivity index (χ1n) is 13.3. The summed E-state index contributed by atoms with van der Waals surface area (Å²) in [5.41, 5.74) is 0.960. The minimum absolute atomic E-state index is 0.181. The first-order chi connectivity index (χ1) is 19.5. The number of hydrogen-bond donors (Lipinski definition) is 1. The normalized spacial score (nSPS) is 19.1. The van der Waals surface area contributed by atoms with Crippen LogP contribution < -0.4 is 30.2 Å². The summed E-state index contributed by atoms with van der Waals surface area (Å²) >= 11 is 0. The van der Waals surface area contributed by atoms with Crippen molar-refractivity contribution >= 4 is 21.9 Å². The fourth-order valence-electron chi connectivity index (χ4n) is 6.52. The monoisotopic (exact) mass is 562 g/mol. The maximum atomic E-state index is 12.5. The van der Waals surface area contributed by atoms with Crippen LogP contribution in [0.5, 0.6) is 23.0 Å². The molecule has 41 heavy (non-hydrogen) atoms. The number of rotatable bonds is 7.